The highest BCUT2D eigenvalue weighted by Gasteiger charge is 2.36. The van der Waals surface area contributed by atoms with Gasteiger partial charge in [0, 0.05) is 37.1 Å². The van der Waals surface area contributed by atoms with Crippen LogP contribution in [-0.4, -0.2) is 48.4 Å². The van der Waals surface area contributed by atoms with Crippen LogP contribution in [0.4, 0.5) is 10.4 Å². The van der Waals surface area contributed by atoms with Crippen LogP contribution in [0.15, 0.2) is 53.5 Å². The monoisotopic (exact) mass is 432 g/mol. The van der Waals surface area contributed by atoms with Gasteiger partial charge in [0.15, 0.2) is 0 Å². The molecule has 6 rings (SSSR count). The SMILES string of the molecule is COc1ccc(-c2nnc(N3CCc4[nH]cnc4[C@@H]3c3cc4c(F)cccn4n3)o2)cn1. The van der Waals surface area contributed by atoms with E-state index in [-0.39, 0.29) is 5.82 Å². The molecule has 1 N–H and O–H groups in total. The van der Waals surface area contributed by atoms with Crippen molar-refractivity contribution in [2.45, 2.75) is 12.5 Å². The van der Waals surface area contributed by atoms with Crippen molar-refractivity contribution in [3.63, 3.8) is 0 Å². The maximum absolute atomic E-state index is 14.3. The molecule has 0 bridgehead atoms. The molecule has 6 heterocycles. The van der Waals surface area contributed by atoms with E-state index in [1.807, 2.05) is 4.90 Å². The molecule has 1 aliphatic rings. The molecule has 0 aromatic carbocycles. The van der Waals surface area contributed by atoms with Crippen LogP contribution in [0, 0.1) is 5.82 Å². The van der Waals surface area contributed by atoms with Crippen LogP contribution in [0.2, 0.25) is 0 Å². The lowest BCUT2D eigenvalue weighted by molar-refractivity contribution is 0.398. The molecule has 1 aliphatic heterocycles. The van der Waals surface area contributed by atoms with Gasteiger partial charge in [-0.05, 0) is 24.3 Å². The average Bonchev–Trinajstić information content (AvgIpc) is 3.57. The molecule has 0 saturated carbocycles. The van der Waals surface area contributed by atoms with E-state index in [4.69, 9.17) is 9.15 Å². The Morgan fingerprint density at radius 2 is 2.16 bits per heavy atom. The number of halogens is 1. The van der Waals surface area contributed by atoms with Crippen molar-refractivity contribution in [3.05, 3.63) is 72.0 Å². The Morgan fingerprint density at radius 3 is 2.97 bits per heavy atom. The zero-order valence-corrected chi connectivity index (χ0v) is 16.9. The number of anilines is 1. The van der Waals surface area contributed by atoms with Crippen LogP contribution in [0.25, 0.3) is 17.0 Å². The molecular formula is C21H17FN8O2. The summed E-state index contributed by atoms with van der Waals surface area (Å²) in [5.74, 6) is 0.487. The summed E-state index contributed by atoms with van der Waals surface area (Å²) in [5.41, 5.74) is 3.50. The molecule has 0 aliphatic carbocycles. The number of methoxy groups -OCH3 is 1. The summed E-state index contributed by atoms with van der Waals surface area (Å²) in [6.07, 6.45) is 5.69. The second-order valence-electron chi connectivity index (χ2n) is 7.35. The number of nitrogens with one attached hydrogen (secondary N) is 1. The molecule has 0 fully saturated rings. The second kappa shape index (κ2) is 7.15. The number of ether oxygens (including phenoxy) is 1. The summed E-state index contributed by atoms with van der Waals surface area (Å²) in [5, 5.41) is 13.1. The Hall–Kier alpha value is -4.28. The third-order valence-electron chi connectivity index (χ3n) is 5.53. The number of H-pyrrole nitrogens is 1. The Kier molecular flexibility index (Phi) is 4.13. The van der Waals surface area contributed by atoms with Gasteiger partial charge in [-0.2, -0.15) is 5.10 Å². The van der Waals surface area contributed by atoms with E-state index in [1.165, 1.54) is 10.6 Å². The number of hydrogen-bond acceptors (Lipinski definition) is 8. The topological polar surface area (TPSA) is 110 Å². The quantitative estimate of drug-likeness (QED) is 0.462. The summed E-state index contributed by atoms with van der Waals surface area (Å²) in [6, 6.07) is 8.19. The largest absolute Gasteiger partial charge is 0.481 e. The predicted molar refractivity (Wildman–Crippen MR) is 111 cm³/mol. The smallest absolute Gasteiger partial charge is 0.319 e. The molecule has 0 unspecified atom stereocenters. The Bertz CT molecular complexity index is 1410. The van der Waals surface area contributed by atoms with Crippen LogP contribution >= 0.6 is 0 Å². The molecule has 0 radical (unpaired) electrons. The molecule has 0 saturated heterocycles. The lowest BCUT2D eigenvalue weighted by atomic mass is 10.0. The number of hydrogen-bond donors (Lipinski definition) is 1. The van der Waals surface area contributed by atoms with Crippen molar-refractivity contribution < 1.29 is 13.5 Å². The van der Waals surface area contributed by atoms with Gasteiger partial charge in [0.25, 0.3) is 5.89 Å². The standard InChI is InChI=1S/C21H17FN8O2/c1-31-17-5-4-12(10-23-17)20-26-27-21(32-20)29-8-6-14-18(25-11-24-14)19(29)15-9-16-13(22)3-2-7-30(16)28-15/h2-5,7,9-11,19H,6,8H2,1H3,(H,24,25)/t19-/m0/s1. The van der Waals surface area contributed by atoms with E-state index in [9.17, 15) is 4.39 Å². The molecule has 5 aromatic rings. The van der Waals surface area contributed by atoms with Crippen molar-refractivity contribution in [2.24, 2.45) is 0 Å². The van der Waals surface area contributed by atoms with E-state index in [0.717, 1.165) is 17.8 Å². The van der Waals surface area contributed by atoms with Crippen molar-refractivity contribution in [1.82, 2.24) is 34.8 Å². The molecular weight excluding hydrogens is 415 g/mol. The van der Waals surface area contributed by atoms with E-state index in [0.29, 0.717) is 41.1 Å². The minimum absolute atomic E-state index is 0.326. The highest BCUT2D eigenvalue weighted by molar-refractivity contribution is 5.55. The van der Waals surface area contributed by atoms with Crippen LogP contribution in [0.5, 0.6) is 5.88 Å². The summed E-state index contributed by atoms with van der Waals surface area (Å²) < 4.78 is 26.9. The van der Waals surface area contributed by atoms with Crippen LogP contribution in [-0.2, 0) is 6.42 Å². The first-order chi connectivity index (χ1) is 15.7. The summed E-state index contributed by atoms with van der Waals surface area (Å²) in [7, 11) is 1.55. The Labute approximate surface area is 180 Å². The number of fused-ring (bicyclic) bond motifs is 2. The third-order valence-corrected chi connectivity index (χ3v) is 5.53. The van der Waals surface area contributed by atoms with Gasteiger partial charge in [0.05, 0.1) is 30.4 Å². The lowest BCUT2D eigenvalue weighted by Crippen LogP contribution is -2.36. The number of pyridine rings is 2. The minimum atomic E-state index is -0.411. The molecule has 0 spiro atoms. The normalized spacial score (nSPS) is 15.8. The molecule has 160 valence electrons. The van der Waals surface area contributed by atoms with E-state index < -0.39 is 6.04 Å². The van der Waals surface area contributed by atoms with E-state index >= 15 is 0 Å². The van der Waals surface area contributed by atoms with Gasteiger partial charge >= 0.3 is 6.01 Å². The van der Waals surface area contributed by atoms with Gasteiger partial charge in [-0.25, -0.2) is 18.9 Å². The summed E-state index contributed by atoms with van der Waals surface area (Å²) in [4.78, 5) is 13.8. The van der Waals surface area contributed by atoms with Crippen molar-refractivity contribution in [1.29, 1.82) is 0 Å². The van der Waals surface area contributed by atoms with E-state index in [2.05, 4.69) is 30.2 Å². The van der Waals surface area contributed by atoms with Crippen LogP contribution in [0.1, 0.15) is 23.1 Å². The number of imidazole rings is 1. The van der Waals surface area contributed by atoms with E-state index in [1.54, 1.807) is 50.1 Å². The van der Waals surface area contributed by atoms with Gasteiger partial charge in [-0.1, -0.05) is 5.10 Å². The maximum atomic E-state index is 14.3. The fourth-order valence-corrected chi connectivity index (χ4v) is 3.99. The molecule has 1 atom stereocenters. The highest BCUT2D eigenvalue weighted by Crippen LogP contribution is 2.37. The fraction of sp³-hybridized carbons (Fsp3) is 0.190. The number of rotatable bonds is 4. The molecule has 10 nitrogen and oxygen atoms in total. The lowest BCUT2D eigenvalue weighted by Gasteiger charge is -2.32. The highest BCUT2D eigenvalue weighted by atomic mass is 19.1. The van der Waals surface area contributed by atoms with Gasteiger partial charge in [0.1, 0.15) is 17.4 Å². The Morgan fingerprint density at radius 1 is 1.22 bits per heavy atom. The van der Waals surface area contributed by atoms with Gasteiger partial charge in [0.2, 0.25) is 5.88 Å². The number of aromatic nitrogens is 7. The molecule has 5 aromatic heterocycles. The van der Waals surface area contributed by atoms with Gasteiger partial charge in [-0.15, -0.1) is 5.10 Å². The number of nitrogens with zero attached hydrogens (tertiary/aromatic N) is 7. The fourth-order valence-electron chi connectivity index (χ4n) is 3.99. The molecule has 0 amide bonds. The maximum Gasteiger partial charge on any atom is 0.319 e. The third kappa shape index (κ3) is 2.89. The zero-order chi connectivity index (χ0) is 21.7. The van der Waals surface area contributed by atoms with Crippen molar-refractivity contribution >= 4 is 11.5 Å². The first kappa shape index (κ1) is 18.5. The van der Waals surface area contributed by atoms with Crippen molar-refractivity contribution in [3.8, 4) is 17.3 Å². The van der Waals surface area contributed by atoms with Crippen LogP contribution < -0.4 is 9.64 Å². The number of aromatic amines is 1. The first-order valence-corrected chi connectivity index (χ1v) is 9.98. The average molecular weight is 432 g/mol. The van der Waals surface area contributed by atoms with Gasteiger partial charge in [-0.3, -0.25) is 0 Å². The Balaban J connectivity index is 1.42. The summed E-state index contributed by atoms with van der Waals surface area (Å²) >= 11 is 0. The molecule has 32 heavy (non-hydrogen) atoms. The van der Waals surface area contributed by atoms with Gasteiger partial charge < -0.3 is 19.0 Å². The first-order valence-electron chi connectivity index (χ1n) is 9.98. The predicted octanol–water partition coefficient (Wildman–Crippen LogP) is 2.80. The second-order valence-corrected chi connectivity index (χ2v) is 7.35. The van der Waals surface area contributed by atoms with Crippen LogP contribution in [0.3, 0.4) is 0 Å². The minimum Gasteiger partial charge on any atom is -0.481 e. The zero-order valence-electron chi connectivity index (χ0n) is 16.9. The molecule has 11 heteroatoms. The summed E-state index contributed by atoms with van der Waals surface area (Å²) in [6.45, 7) is 0.596. The van der Waals surface area contributed by atoms with Crippen molar-refractivity contribution in [2.75, 3.05) is 18.6 Å².